The maximum Gasteiger partial charge on any atom is 0.338 e. The highest BCUT2D eigenvalue weighted by Gasteiger charge is 2.32. The molecule has 0 aliphatic carbocycles. The highest BCUT2D eigenvalue weighted by Crippen LogP contribution is 2.30. The number of allylic oxidation sites excluding steroid dienone is 1. The summed E-state index contributed by atoms with van der Waals surface area (Å²) >= 11 is 1.33. The van der Waals surface area contributed by atoms with Crippen LogP contribution in [0.4, 0.5) is 0 Å². The first-order chi connectivity index (χ1) is 14.4. The van der Waals surface area contributed by atoms with Crippen LogP contribution in [0.1, 0.15) is 35.2 Å². The molecule has 3 aromatic rings. The minimum absolute atomic E-state index is 0.168. The van der Waals surface area contributed by atoms with Crippen LogP contribution in [0.3, 0.4) is 0 Å². The number of nitrogens with zero attached hydrogens (tertiary/aromatic N) is 2. The molecule has 0 radical (unpaired) electrons. The highest BCUT2D eigenvalue weighted by molar-refractivity contribution is 7.07. The monoisotopic (exact) mass is 418 g/mol. The summed E-state index contributed by atoms with van der Waals surface area (Å²) in [6.07, 6.45) is 1.87. The number of hydrogen-bond acceptors (Lipinski definition) is 5. The average molecular weight is 419 g/mol. The lowest BCUT2D eigenvalue weighted by Crippen LogP contribution is -2.39. The summed E-state index contributed by atoms with van der Waals surface area (Å²) in [4.78, 5) is 31.2. The normalized spacial score (nSPS) is 16.3. The second kappa shape index (κ2) is 7.88. The van der Waals surface area contributed by atoms with Crippen LogP contribution in [0.2, 0.25) is 0 Å². The maximum atomic E-state index is 13.4. The summed E-state index contributed by atoms with van der Waals surface area (Å²) in [5.41, 5.74) is 4.84. The van der Waals surface area contributed by atoms with Crippen LogP contribution >= 0.6 is 11.3 Å². The van der Waals surface area contributed by atoms with Crippen molar-refractivity contribution in [1.82, 2.24) is 4.57 Å². The molecule has 0 N–H and O–H groups in total. The number of hydrogen-bond donors (Lipinski definition) is 0. The van der Waals surface area contributed by atoms with Gasteiger partial charge in [-0.25, -0.2) is 9.79 Å². The predicted octanol–water partition coefficient (Wildman–Crippen LogP) is 3.03. The van der Waals surface area contributed by atoms with Crippen molar-refractivity contribution in [3.8, 4) is 0 Å². The Kier molecular flexibility index (Phi) is 5.26. The van der Waals surface area contributed by atoms with Crippen molar-refractivity contribution < 1.29 is 9.53 Å². The molecule has 5 nitrogen and oxygen atoms in total. The van der Waals surface area contributed by atoms with Crippen LogP contribution in [0.25, 0.3) is 6.08 Å². The Labute approximate surface area is 178 Å². The first-order valence-electron chi connectivity index (χ1n) is 9.63. The summed E-state index contributed by atoms with van der Waals surface area (Å²) in [6, 6.07) is 15.2. The molecule has 152 valence electrons. The van der Waals surface area contributed by atoms with Gasteiger partial charge in [0.25, 0.3) is 5.56 Å². The molecular weight excluding hydrogens is 396 g/mol. The Balaban J connectivity index is 1.96. The third kappa shape index (κ3) is 3.55. The van der Waals surface area contributed by atoms with Crippen molar-refractivity contribution in [1.29, 1.82) is 0 Å². The van der Waals surface area contributed by atoms with E-state index in [0.717, 1.165) is 22.3 Å². The molecule has 6 heteroatoms. The number of fused-ring (bicyclic) bond motifs is 1. The number of carbonyl (C=O) groups excluding carboxylic acids is 1. The number of carbonyl (C=O) groups is 1. The van der Waals surface area contributed by atoms with Crippen LogP contribution in [0.5, 0.6) is 0 Å². The van der Waals surface area contributed by atoms with Gasteiger partial charge in [-0.2, -0.15) is 0 Å². The molecular formula is C24H22N2O3S. The second-order valence-electron chi connectivity index (χ2n) is 7.39. The molecule has 2 aromatic carbocycles. The van der Waals surface area contributed by atoms with E-state index >= 15 is 0 Å². The fraction of sp³-hybridized carbons (Fsp3) is 0.208. The average Bonchev–Trinajstić information content (AvgIpc) is 3.03. The molecule has 0 saturated heterocycles. The lowest BCUT2D eigenvalue weighted by molar-refractivity contribution is -0.136. The van der Waals surface area contributed by atoms with Crippen LogP contribution in [-0.2, 0) is 9.53 Å². The van der Waals surface area contributed by atoms with E-state index in [-0.39, 0.29) is 5.56 Å². The molecule has 1 unspecified atom stereocenters. The first-order valence-corrected chi connectivity index (χ1v) is 10.4. The summed E-state index contributed by atoms with van der Waals surface area (Å²) < 4.78 is 7.21. The molecule has 0 bridgehead atoms. The van der Waals surface area contributed by atoms with E-state index in [9.17, 15) is 9.59 Å². The largest absolute Gasteiger partial charge is 0.466 e. The second-order valence-corrected chi connectivity index (χ2v) is 8.40. The van der Waals surface area contributed by atoms with Gasteiger partial charge in [0, 0.05) is 0 Å². The molecule has 0 fully saturated rings. The highest BCUT2D eigenvalue weighted by atomic mass is 32.1. The Bertz CT molecular complexity index is 1330. The Morgan fingerprint density at radius 3 is 2.23 bits per heavy atom. The molecule has 0 amide bonds. The Morgan fingerprint density at radius 2 is 1.63 bits per heavy atom. The van der Waals surface area contributed by atoms with E-state index in [1.165, 1.54) is 18.4 Å². The molecule has 0 spiro atoms. The number of ether oxygens (including phenoxy) is 1. The standard InChI is InChI=1S/C24H22N2O3S/c1-14-5-9-17(10-6-14)13-19-22(27)26-21(18-11-7-15(2)8-12-18)20(23(28)29-4)16(3)25-24(26)30-19/h5-13,21H,1-4H3/b19-13+. The molecule has 4 rings (SSSR count). The summed E-state index contributed by atoms with van der Waals surface area (Å²) in [6.45, 7) is 5.81. The number of aryl methyl sites for hydroxylation is 2. The zero-order valence-electron chi connectivity index (χ0n) is 17.3. The van der Waals surface area contributed by atoms with E-state index in [2.05, 4.69) is 4.99 Å². The minimum Gasteiger partial charge on any atom is -0.466 e. The molecule has 2 heterocycles. The van der Waals surface area contributed by atoms with Gasteiger partial charge in [-0.3, -0.25) is 9.36 Å². The number of rotatable bonds is 3. The lowest BCUT2D eigenvalue weighted by atomic mass is 9.95. The summed E-state index contributed by atoms with van der Waals surface area (Å²) in [5.74, 6) is -0.477. The van der Waals surface area contributed by atoms with Crippen LogP contribution in [-0.4, -0.2) is 17.6 Å². The fourth-order valence-corrected chi connectivity index (χ4v) is 4.62. The third-order valence-corrected chi connectivity index (χ3v) is 6.18. The SMILES string of the molecule is COC(=O)C1=C(C)N=c2s/c(=C/c3ccc(C)cc3)c(=O)n2C1c1ccc(C)cc1. The molecule has 30 heavy (non-hydrogen) atoms. The molecule has 1 aromatic heterocycles. The molecule has 0 saturated carbocycles. The number of esters is 1. The topological polar surface area (TPSA) is 60.7 Å². The van der Waals surface area contributed by atoms with Gasteiger partial charge in [0.15, 0.2) is 4.80 Å². The van der Waals surface area contributed by atoms with Crippen molar-refractivity contribution in [2.45, 2.75) is 26.8 Å². The van der Waals surface area contributed by atoms with Gasteiger partial charge in [0.1, 0.15) is 0 Å². The molecule has 1 aliphatic rings. The lowest BCUT2D eigenvalue weighted by Gasteiger charge is -2.24. The van der Waals surface area contributed by atoms with Crippen LogP contribution in [0.15, 0.2) is 69.6 Å². The van der Waals surface area contributed by atoms with Crippen molar-refractivity contribution in [2.75, 3.05) is 7.11 Å². The van der Waals surface area contributed by atoms with E-state index in [4.69, 9.17) is 4.74 Å². The quantitative estimate of drug-likeness (QED) is 0.615. The van der Waals surface area contributed by atoms with Gasteiger partial charge in [0.2, 0.25) is 0 Å². The van der Waals surface area contributed by atoms with Crippen molar-refractivity contribution in [2.24, 2.45) is 4.99 Å². The fourth-order valence-electron chi connectivity index (χ4n) is 3.57. The number of methoxy groups -OCH3 is 1. The summed E-state index contributed by atoms with van der Waals surface area (Å²) in [5, 5.41) is 0. The Morgan fingerprint density at radius 1 is 1.03 bits per heavy atom. The summed E-state index contributed by atoms with van der Waals surface area (Å²) in [7, 11) is 1.34. The third-order valence-electron chi connectivity index (χ3n) is 5.20. The van der Waals surface area contributed by atoms with Crippen LogP contribution < -0.4 is 14.9 Å². The van der Waals surface area contributed by atoms with Gasteiger partial charge < -0.3 is 4.74 Å². The Hall–Kier alpha value is -3.25. The smallest absolute Gasteiger partial charge is 0.338 e. The van der Waals surface area contributed by atoms with E-state index in [1.54, 1.807) is 11.5 Å². The first kappa shape index (κ1) is 20.0. The number of benzene rings is 2. The number of thiazole rings is 1. The van der Waals surface area contributed by atoms with E-state index in [1.807, 2.05) is 68.5 Å². The van der Waals surface area contributed by atoms with Crippen molar-refractivity contribution in [3.05, 3.63) is 102 Å². The van der Waals surface area contributed by atoms with Crippen LogP contribution in [0, 0.1) is 13.8 Å². The maximum absolute atomic E-state index is 13.4. The van der Waals surface area contributed by atoms with Gasteiger partial charge in [-0.05, 0) is 38.0 Å². The predicted molar refractivity (Wildman–Crippen MR) is 118 cm³/mol. The minimum atomic E-state index is -0.575. The zero-order chi connectivity index (χ0) is 21.4. The molecule has 1 aliphatic heterocycles. The van der Waals surface area contributed by atoms with Crippen molar-refractivity contribution >= 4 is 23.4 Å². The van der Waals surface area contributed by atoms with Gasteiger partial charge in [0.05, 0.1) is 29.0 Å². The van der Waals surface area contributed by atoms with E-state index < -0.39 is 12.0 Å². The zero-order valence-corrected chi connectivity index (χ0v) is 18.1. The van der Waals surface area contributed by atoms with Crippen molar-refractivity contribution in [3.63, 3.8) is 0 Å². The molecule has 1 atom stereocenters. The van der Waals surface area contributed by atoms with E-state index in [0.29, 0.717) is 20.6 Å². The number of aromatic nitrogens is 1. The van der Waals surface area contributed by atoms with Gasteiger partial charge >= 0.3 is 5.97 Å². The van der Waals surface area contributed by atoms with Gasteiger partial charge in [-0.15, -0.1) is 0 Å². The van der Waals surface area contributed by atoms with Gasteiger partial charge in [-0.1, -0.05) is 71.0 Å².